The van der Waals surface area contributed by atoms with Crippen molar-refractivity contribution in [3.05, 3.63) is 65.2 Å². The van der Waals surface area contributed by atoms with Gasteiger partial charge in [0.25, 0.3) is 0 Å². The molecule has 2 saturated carbocycles. The summed E-state index contributed by atoms with van der Waals surface area (Å²) in [5.74, 6) is 1.43. The summed E-state index contributed by atoms with van der Waals surface area (Å²) < 4.78 is 16.4. The fourth-order valence-electron chi connectivity index (χ4n) is 6.29. The molecule has 192 valence electrons. The lowest BCUT2D eigenvalue weighted by Gasteiger charge is -2.33. The van der Waals surface area contributed by atoms with Crippen LogP contribution in [0.5, 0.6) is 0 Å². The van der Waals surface area contributed by atoms with Crippen LogP contribution in [0.15, 0.2) is 42.5 Å². The molecule has 1 heterocycles. The van der Waals surface area contributed by atoms with E-state index in [2.05, 4.69) is 48.0 Å². The Morgan fingerprint density at radius 2 is 1.64 bits per heavy atom. The zero-order valence-electron chi connectivity index (χ0n) is 21.8. The highest BCUT2D eigenvalue weighted by atomic mass is 19.1. The van der Waals surface area contributed by atoms with Gasteiger partial charge < -0.3 is 9.88 Å². The topological polar surface area (TPSA) is 46.9 Å². The zero-order valence-corrected chi connectivity index (χ0v) is 21.8. The van der Waals surface area contributed by atoms with Crippen molar-refractivity contribution in [2.75, 3.05) is 0 Å². The second-order valence-electron chi connectivity index (χ2n) is 11.3. The number of nitrogens with one attached hydrogen (secondary N) is 1. The van der Waals surface area contributed by atoms with E-state index in [1.165, 1.54) is 43.4 Å². The molecule has 5 rings (SSSR count). The lowest BCUT2D eigenvalue weighted by Crippen LogP contribution is -2.43. The summed E-state index contributed by atoms with van der Waals surface area (Å²) >= 11 is 0. The average Bonchev–Trinajstić information content (AvgIpc) is 3.22. The average molecular weight is 490 g/mol. The smallest absolute Gasteiger partial charge is 0.243 e. The molecular weight excluding hydrogens is 449 g/mol. The molecule has 1 unspecified atom stereocenters. The van der Waals surface area contributed by atoms with Gasteiger partial charge in [-0.2, -0.15) is 0 Å². The summed E-state index contributed by atoms with van der Waals surface area (Å²) in [6.45, 7) is 4.39. The summed E-state index contributed by atoms with van der Waals surface area (Å²) in [4.78, 5) is 18.9. The summed E-state index contributed by atoms with van der Waals surface area (Å²) in [6, 6.07) is 13.5. The lowest BCUT2D eigenvalue weighted by molar-refractivity contribution is -0.127. The quantitative estimate of drug-likeness (QED) is 0.374. The summed E-state index contributed by atoms with van der Waals surface area (Å²) in [5, 5.41) is 3.43. The number of carbonyl (C=O) groups excluding carboxylic acids is 1. The van der Waals surface area contributed by atoms with E-state index in [0.717, 1.165) is 55.4 Å². The molecule has 2 fully saturated rings. The lowest BCUT2D eigenvalue weighted by atomic mass is 9.82. The number of nitrogens with zero attached hydrogens (tertiary/aromatic N) is 2. The van der Waals surface area contributed by atoms with E-state index in [1.807, 2.05) is 6.07 Å². The van der Waals surface area contributed by atoms with Gasteiger partial charge in [-0.1, -0.05) is 76.6 Å². The van der Waals surface area contributed by atoms with Gasteiger partial charge >= 0.3 is 0 Å². The first-order valence-corrected chi connectivity index (χ1v) is 14.0. The predicted octanol–water partition coefficient (Wildman–Crippen LogP) is 7.46. The van der Waals surface area contributed by atoms with E-state index in [-0.39, 0.29) is 29.7 Å². The van der Waals surface area contributed by atoms with Crippen LogP contribution in [0, 0.1) is 11.7 Å². The van der Waals surface area contributed by atoms with E-state index in [9.17, 15) is 9.18 Å². The number of aromatic nitrogens is 2. The maximum atomic E-state index is 14.2. The molecule has 5 heteroatoms. The first kappa shape index (κ1) is 25.0. The molecule has 36 heavy (non-hydrogen) atoms. The third-order valence-electron chi connectivity index (χ3n) is 8.33. The molecule has 0 bridgehead atoms. The molecule has 2 aliphatic rings. The zero-order chi connectivity index (χ0) is 25.1. The van der Waals surface area contributed by atoms with Gasteiger partial charge in [-0.3, -0.25) is 4.79 Å². The highest BCUT2D eigenvalue weighted by Crippen LogP contribution is 2.37. The third kappa shape index (κ3) is 5.50. The van der Waals surface area contributed by atoms with Gasteiger partial charge in [0.15, 0.2) is 0 Å². The van der Waals surface area contributed by atoms with Crippen molar-refractivity contribution >= 4 is 16.9 Å². The molecular formula is C31H40FN3O. The normalized spacial score (nSPS) is 18.6. The maximum absolute atomic E-state index is 14.2. The Morgan fingerprint density at radius 3 is 2.31 bits per heavy atom. The van der Waals surface area contributed by atoms with Gasteiger partial charge in [-0.05, 0) is 60.8 Å². The van der Waals surface area contributed by atoms with Crippen molar-refractivity contribution in [3.63, 3.8) is 0 Å². The molecule has 1 aromatic heterocycles. The first-order valence-electron chi connectivity index (χ1n) is 14.0. The van der Waals surface area contributed by atoms with Crippen LogP contribution in [0.4, 0.5) is 4.39 Å². The Morgan fingerprint density at radius 1 is 0.972 bits per heavy atom. The van der Waals surface area contributed by atoms with Gasteiger partial charge in [0.2, 0.25) is 5.91 Å². The minimum atomic E-state index is -0.312. The molecule has 0 saturated heterocycles. The largest absolute Gasteiger partial charge is 0.352 e. The standard InChI is InChI=1S/C31H40FN3O/c1-21(2)23-15-13-22(14-16-23)19-29-34-27-20-25(32)17-18-28(27)35(29)30(24-9-5-3-6-10-24)31(36)33-26-11-7-4-8-12-26/h13-18,20-21,24,26,30H,3-12,19H2,1-2H3,(H,33,36). The number of hydrogen-bond donors (Lipinski definition) is 1. The molecule has 1 atom stereocenters. The fraction of sp³-hybridized carbons (Fsp3) is 0.548. The Kier molecular flexibility index (Phi) is 7.73. The second-order valence-corrected chi connectivity index (χ2v) is 11.3. The number of amides is 1. The molecule has 1 amide bonds. The van der Waals surface area contributed by atoms with Crippen molar-refractivity contribution in [3.8, 4) is 0 Å². The summed E-state index contributed by atoms with van der Waals surface area (Å²) in [7, 11) is 0. The van der Waals surface area contributed by atoms with Crippen molar-refractivity contribution in [1.29, 1.82) is 0 Å². The van der Waals surface area contributed by atoms with Crippen molar-refractivity contribution in [2.24, 2.45) is 5.92 Å². The molecule has 2 aliphatic carbocycles. The van der Waals surface area contributed by atoms with Gasteiger partial charge in [0.1, 0.15) is 17.7 Å². The maximum Gasteiger partial charge on any atom is 0.243 e. The van der Waals surface area contributed by atoms with Gasteiger partial charge in [0.05, 0.1) is 11.0 Å². The fourth-order valence-corrected chi connectivity index (χ4v) is 6.29. The molecule has 0 spiro atoms. The van der Waals surface area contributed by atoms with Crippen LogP contribution in [0.3, 0.4) is 0 Å². The number of carbonyl (C=O) groups is 1. The molecule has 3 aromatic rings. The van der Waals surface area contributed by atoms with Crippen LogP contribution in [-0.4, -0.2) is 21.5 Å². The van der Waals surface area contributed by atoms with Gasteiger partial charge in [0, 0.05) is 18.5 Å². The third-order valence-corrected chi connectivity index (χ3v) is 8.33. The highest BCUT2D eigenvalue weighted by molar-refractivity contribution is 5.85. The number of halogens is 1. The van der Waals surface area contributed by atoms with Crippen LogP contribution in [-0.2, 0) is 11.2 Å². The Balaban J connectivity index is 1.55. The van der Waals surface area contributed by atoms with Gasteiger partial charge in [-0.25, -0.2) is 9.37 Å². The monoisotopic (exact) mass is 489 g/mol. The number of fused-ring (bicyclic) bond motifs is 1. The van der Waals surface area contributed by atoms with Crippen LogP contribution in [0.2, 0.25) is 0 Å². The molecule has 4 nitrogen and oxygen atoms in total. The predicted molar refractivity (Wildman–Crippen MR) is 144 cm³/mol. The number of benzene rings is 2. The van der Waals surface area contributed by atoms with Crippen molar-refractivity contribution in [2.45, 2.75) is 102 Å². The van der Waals surface area contributed by atoms with E-state index < -0.39 is 0 Å². The summed E-state index contributed by atoms with van der Waals surface area (Å²) in [6.07, 6.45) is 12.0. The molecule has 2 aromatic carbocycles. The number of rotatable bonds is 7. The van der Waals surface area contributed by atoms with E-state index in [1.54, 1.807) is 0 Å². The Labute approximate surface area is 214 Å². The van der Waals surface area contributed by atoms with Crippen LogP contribution in [0.25, 0.3) is 11.0 Å². The minimum Gasteiger partial charge on any atom is -0.352 e. The first-order chi connectivity index (χ1) is 17.5. The van der Waals surface area contributed by atoms with Crippen LogP contribution < -0.4 is 5.32 Å². The Hall–Kier alpha value is -2.69. The highest BCUT2D eigenvalue weighted by Gasteiger charge is 2.35. The number of hydrogen-bond acceptors (Lipinski definition) is 2. The van der Waals surface area contributed by atoms with Crippen LogP contribution >= 0.6 is 0 Å². The minimum absolute atomic E-state index is 0.119. The molecule has 0 radical (unpaired) electrons. The molecule has 0 aliphatic heterocycles. The summed E-state index contributed by atoms with van der Waals surface area (Å²) in [5.41, 5.74) is 3.96. The van der Waals surface area contributed by atoms with E-state index in [4.69, 9.17) is 4.98 Å². The van der Waals surface area contributed by atoms with Crippen molar-refractivity contribution in [1.82, 2.24) is 14.9 Å². The van der Waals surface area contributed by atoms with Crippen molar-refractivity contribution < 1.29 is 9.18 Å². The Bertz CT molecular complexity index is 1170. The van der Waals surface area contributed by atoms with E-state index in [0.29, 0.717) is 17.9 Å². The van der Waals surface area contributed by atoms with Crippen LogP contribution in [0.1, 0.15) is 107 Å². The molecule has 1 N–H and O–H groups in total. The second kappa shape index (κ2) is 11.1. The van der Waals surface area contributed by atoms with E-state index >= 15 is 0 Å². The SMILES string of the molecule is CC(C)c1ccc(Cc2nc3cc(F)ccc3n2C(C(=O)NC2CCCCC2)C2CCCCC2)cc1. The number of imidazole rings is 1. The van der Waals surface area contributed by atoms with Gasteiger partial charge in [-0.15, -0.1) is 0 Å².